The summed E-state index contributed by atoms with van der Waals surface area (Å²) in [6.45, 7) is 4.03. The number of aliphatic carboxylic acids is 1. The number of hydrogen-bond acceptors (Lipinski definition) is 6. The van der Waals surface area contributed by atoms with Gasteiger partial charge in [-0.3, -0.25) is 24.3 Å². The van der Waals surface area contributed by atoms with Crippen LogP contribution in [-0.2, 0) is 20.8 Å². The molecule has 2 N–H and O–H groups in total. The van der Waals surface area contributed by atoms with E-state index in [0.717, 1.165) is 58.7 Å². The Morgan fingerprint density at radius 2 is 1.79 bits per heavy atom. The fourth-order valence-electron chi connectivity index (χ4n) is 5.28. The molecule has 9 nitrogen and oxygen atoms in total. The third-order valence-corrected chi connectivity index (χ3v) is 8.28. The van der Waals surface area contributed by atoms with Gasteiger partial charge in [-0.1, -0.05) is 40.2 Å². The molecule has 1 unspecified atom stereocenters. The number of carboxylic acid groups (broad SMARTS) is 1. The highest BCUT2D eigenvalue weighted by atomic mass is 79.9. The summed E-state index contributed by atoms with van der Waals surface area (Å²) in [5, 5.41) is 12.1. The predicted octanol–water partition coefficient (Wildman–Crippen LogP) is 4.53. The average Bonchev–Trinajstić information content (AvgIpc) is 3.30. The maximum atomic E-state index is 13.3. The lowest BCUT2D eigenvalue weighted by Crippen LogP contribution is -2.48. The summed E-state index contributed by atoms with van der Waals surface area (Å²) in [6, 6.07) is 20.6. The van der Waals surface area contributed by atoms with E-state index in [4.69, 9.17) is 10.1 Å². The number of nitrogens with one attached hydrogen (secondary N) is 1. The molecule has 1 atom stereocenters. The largest absolute Gasteiger partial charge is 0.481 e. The van der Waals surface area contributed by atoms with Crippen molar-refractivity contribution in [2.24, 2.45) is 4.99 Å². The number of aryl methyl sites for hydroxylation is 1. The Balaban J connectivity index is 1.43. The summed E-state index contributed by atoms with van der Waals surface area (Å²) < 4.78 is 0.859. The minimum atomic E-state index is -0.865. The van der Waals surface area contributed by atoms with Crippen molar-refractivity contribution < 1.29 is 19.5 Å². The fourth-order valence-corrected chi connectivity index (χ4v) is 5.64. The maximum Gasteiger partial charge on any atom is 0.303 e. The molecular formula is C32H34BrN5O4. The van der Waals surface area contributed by atoms with Crippen LogP contribution in [0.15, 0.2) is 76.2 Å². The van der Waals surface area contributed by atoms with E-state index >= 15 is 0 Å². The van der Waals surface area contributed by atoms with Crippen LogP contribution in [0.3, 0.4) is 0 Å². The van der Waals surface area contributed by atoms with Gasteiger partial charge < -0.3 is 20.2 Å². The van der Waals surface area contributed by atoms with Gasteiger partial charge in [-0.2, -0.15) is 0 Å². The van der Waals surface area contributed by atoms with Crippen LogP contribution in [-0.4, -0.2) is 85.2 Å². The van der Waals surface area contributed by atoms with Gasteiger partial charge in [-0.25, -0.2) is 0 Å². The van der Waals surface area contributed by atoms with E-state index in [9.17, 15) is 14.4 Å². The second-order valence-electron chi connectivity index (χ2n) is 10.8. The average molecular weight is 633 g/mol. The zero-order valence-electron chi connectivity index (χ0n) is 23.7. The molecule has 0 spiro atoms. The van der Waals surface area contributed by atoms with Crippen LogP contribution < -0.4 is 10.2 Å². The highest BCUT2D eigenvalue weighted by molar-refractivity contribution is 9.10. The molecule has 1 saturated heterocycles. The number of likely N-dealkylation sites (N-methyl/N-ethyl adjacent to an activating group) is 2. The molecule has 0 bridgehead atoms. The molecule has 3 aromatic carbocycles. The number of carboxylic acids is 1. The maximum absolute atomic E-state index is 13.3. The molecule has 0 aromatic heterocycles. The standard InChI is InChI=1S/C32H34BrN5O4/c1-36-14-16-38(17-15-36)20-28(39)37(2)25-10-8-24(9-11-25)34-31(22-5-3-4-21(18-22)6-13-29(40)41)30-26-12-7-23(33)19-27(26)35-32(30)42/h3-5,7-12,18-19,30H,6,13-17,20H2,1-2H3,(H,35,42)(H,40,41). The van der Waals surface area contributed by atoms with E-state index in [-0.39, 0.29) is 18.2 Å². The second kappa shape index (κ2) is 13.0. The molecule has 2 aliphatic heterocycles. The number of benzene rings is 3. The van der Waals surface area contributed by atoms with E-state index < -0.39 is 11.9 Å². The molecule has 42 heavy (non-hydrogen) atoms. The topological polar surface area (TPSA) is 106 Å². The van der Waals surface area contributed by atoms with Crippen molar-refractivity contribution in [3.63, 3.8) is 0 Å². The molecule has 5 rings (SSSR count). The summed E-state index contributed by atoms with van der Waals surface area (Å²) in [7, 11) is 3.87. The van der Waals surface area contributed by atoms with Gasteiger partial charge in [0.25, 0.3) is 0 Å². The van der Waals surface area contributed by atoms with Crippen molar-refractivity contribution in [3.05, 3.63) is 87.9 Å². The van der Waals surface area contributed by atoms with Crippen molar-refractivity contribution in [3.8, 4) is 0 Å². The van der Waals surface area contributed by atoms with Crippen molar-refractivity contribution in [2.45, 2.75) is 18.8 Å². The van der Waals surface area contributed by atoms with Crippen molar-refractivity contribution >= 4 is 56.5 Å². The minimum absolute atomic E-state index is 0.0131. The molecule has 3 aromatic rings. The van der Waals surface area contributed by atoms with Crippen LogP contribution in [0.25, 0.3) is 0 Å². The number of piperazine rings is 1. The molecular weight excluding hydrogens is 598 g/mol. The summed E-state index contributed by atoms with van der Waals surface area (Å²) >= 11 is 3.48. The molecule has 2 aliphatic rings. The van der Waals surface area contributed by atoms with Gasteiger partial charge in [0.05, 0.1) is 17.9 Å². The minimum Gasteiger partial charge on any atom is -0.481 e. The number of halogens is 1. The Bertz CT molecular complexity index is 1520. The van der Waals surface area contributed by atoms with Gasteiger partial charge in [0.2, 0.25) is 11.8 Å². The van der Waals surface area contributed by atoms with Gasteiger partial charge in [0.15, 0.2) is 0 Å². The number of fused-ring (bicyclic) bond motifs is 1. The van der Waals surface area contributed by atoms with Crippen molar-refractivity contribution in [1.29, 1.82) is 0 Å². The Kier molecular flexibility index (Phi) is 9.15. The Labute approximate surface area is 254 Å². The number of aliphatic imine (C=N–C) groups is 1. The first-order valence-corrected chi connectivity index (χ1v) is 14.7. The van der Waals surface area contributed by atoms with Gasteiger partial charge in [-0.05, 0) is 72.6 Å². The fraction of sp³-hybridized carbons (Fsp3) is 0.312. The number of nitrogens with zero attached hydrogens (tertiary/aromatic N) is 4. The first-order chi connectivity index (χ1) is 20.2. The number of amides is 2. The van der Waals surface area contributed by atoms with E-state index in [1.807, 2.05) is 66.7 Å². The van der Waals surface area contributed by atoms with Crippen LogP contribution in [0, 0.1) is 0 Å². The number of hydrogen-bond donors (Lipinski definition) is 2. The third kappa shape index (κ3) is 6.95. The molecule has 10 heteroatoms. The van der Waals surface area contributed by atoms with Gasteiger partial charge in [0.1, 0.15) is 5.92 Å². The van der Waals surface area contributed by atoms with Crippen LogP contribution >= 0.6 is 15.9 Å². The predicted molar refractivity (Wildman–Crippen MR) is 168 cm³/mol. The van der Waals surface area contributed by atoms with Crippen LogP contribution in [0.5, 0.6) is 0 Å². The monoisotopic (exact) mass is 631 g/mol. The highest BCUT2D eigenvalue weighted by Crippen LogP contribution is 2.38. The number of anilines is 2. The Hall–Kier alpha value is -3.86. The van der Waals surface area contributed by atoms with E-state index in [1.54, 1.807) is 11.9 Å². The van der Waals surface area contributed by atoms with Crippen molar-refractivity contribution in [1.82, 2.24) is 9.80 Å². The quantitative estimate of drug-likeness (QED) is 0.336. The van der Waals surface area contributed by atoms with E-state index in [1.165, 1.54) is 0 Å². The van der Waals surface area contributed by atoms with Gasteiger partial charge in [0, 0.05) is 55.5 Å². The number of carbonyl (C=O) groups excluding carboxylic acids is 2. The molecule has 2 heterocycles. The molecule has 0 radical (unpaired) electrons. The van der Waals surface area contributed by atoms with Crippen LogP contribution in [0.4, 0.5) is 17.1 Å². The summed E-state index contributed by atoms with van der Waals surface area (Å²) in [6.07, 6.45) is 0.388. The van der Waals surface area contributed by atoms with Gasteiger partial charge in [-0.15, -0.1) is 0 Å². The number of rotatable bonds is 9. The van der Waals surface area contributed by atoms with Crippen LogP contribution in [0.2, 0.25) is 0 Å². The normalized spacial score (nSPS) is 17.5. The summed E-state index contributed by atoms with van der Waals surface area (Å²) in [5.74, 6) is -1.66. The number of carbonyl (C=O) groups is 3. The SMILES string of the molecule is CN1CCN(CC(=O)N(C)c2ccc(N=C(c3cccc(CCC(=O)O)c3)C3C(=O)Nc4cc(Br)ccc43)cc2)CC1. The van der Waals surface area contributed by atoms with E-state index in [2.05, 4.69) is 38.1 Å². The zero-order valence-corrected chi connectivity index (χ0v) is 25.3. The molecule has 2 amide bonds. The smallest absolute Gasteiger partial charge is 0.303 e. The Morgan fingerprint density at radius 3 is 2.50 bits per heavy atom. The van der Waals surface area contributed by atoms with Gasteiger partial charge >= 0.3 is 5.97 Å². The first kappa shape index (κ1) is 29.6. The lowest BCUT2D eigenvalue weighted by Gasteiger charge is -2.32. The molecule has 0 aliphatic carbocycles. The lowest BCUT2D eigenvalue weighted by molar-refractivity contribution is -0.137. The Morgan fingerprint density at radius 1 is 1.05 bits per heavy atom. The molecule has 1 fully saturated rings. The summed E-state index contributed by atoms with van der Waals surface area (Å²) in [5.41, 5.74) is 5.12. The first-order valence-electron chi connectivity index (χ1n) is 14.0. The van der Waals surface area contributed by atoms with Crippen molar-refractivity contribution in [2.75, 3.05) is 57.0 Å². The van der Waals surface area contributed by atoms with E-state index in [0.29, 0.717) is 24.4 Å². The van der Waals surface area contributed by atoms with Crippen LogP contribution in [0.1, 0.15) is 29.0 Å². The molecule has 218 valence electrons. The summed E-state index contributed by atoms with van der Waals surface area (Å²) in [4.78, 5) is 48.5. The lowest BCUT2D eigenvalue weighted by atomic mass is 9.89. The third-order valence-electron chi connectivity index (χ3n) is 7.79. The molecule has 0 saturated carbocycles. The zero-order chi connectivity index (χ0) is 29.8. The highest BCUT2D eigenvalue weighted by Gasteiger charge is 2.35. The second-order valence-corrected chi connectivity index (χ2v) is 11.7.